The highest BCUT2D eigenvalue weighted by molar-refractivity contribution is 5.64. The van der Waals surface area contributed by atoms with Gasteiger partial charge in [0.1, 0.15) is 5.75 Å². The largest absolute Gasteiger partial charge is 0.494 e. The number of aryl methyl sites for hydroxylation is 1. The molecule has 0 aliphatic heterocycles. The first kappa shape index (κ1) is 26.3. The van der Waals surface area contributed by atoms with E-state index >= 15 is 0 Å². The lowest BCUT2D eigenvalue weighted by molar-refractivity contribution is 0.00458. The van der Waals surface area contributed by atoms with Crippen LogP contribution in [0.3, 0.4) is 0 Å². The van der Waals surface area contributed by atoms with E-state index in [1.54, 1.807) is 0 Å². The highest BCUT2D eigenvalue weighted by Gasteiger charge is 2.30. The number of ether oxygens (including phenoxy) is 2. The van der Waals surface area contributed by atoms with Crippen LogP contribution in [0.5, 0.6) is 5.75 Å². The second kappa shape index (κ2) is 14.1. The van der Waals surface area contributed by atoms with Crippen molar-refractivity contribution in [1.29, 1.82) is 0 Å². The molecule has 0 bridgehead atoms. The summed E-state index contributed by atoms with van der Waals surface area (Å²) in [7, 11) is 0. The molecule has 2 aliphatic rings. The Morgan fingerprint density at radius 3 is 1.86 bits per heavy atom. The van der Waals surface area contributed by atoms with E-state index in [4.69, 9.17) is 9.47 Å². The van der Waals surface area contributed by atoms with E-state index in [-0.39, 0.29) is 0 Å². The molecule has 0 radical (unpaired) electrons. The van der Waals surface area contributed by atoms with Gasteiger partial charge in [-0.15, -0.1) is 0 Å². The Hall–Kier alpha value is -1.80. The minimum absolute atomic E-state index is 0.502. The van der Waals surface area contributed by atoms with Crippen molar-refractivity contribution in [3.8, 4) is 16.9 Å². The SMILES string of the molecule is CCCCC1CCC(C2CCC(OCCCCOc3ccc(-c4ccc(C)cc4)cc3)CC2)CC1. The predicted molar refractivity (Wildman–Crippen MR) is 148 cm³/mol. The number of hydrogen-bond donors (Lipinski definition) is 0. The molecule has 2 fully saturated rings. The molecule has 0 saturated heterocycles. The van der Waals surface area contributed by atoms with Gasteiger partial charge in [-0.1, -0.05) is 81.0 Å². The minimum Gasteiger partial charge on any atom is -0.494 e. The maximum atomic E-state index is 6.25. The average Bonchev–Trinajstić information content (AvgIpc) is 2.91. The van der Waals surface area contributed by atoms with Crippen LogP contribution < -0.4 is 4.74 Å². The van der Waals surface area contributed by atoms with Gasteiger partial charge in [0.05, 0.1) is 12.7 Å². The van der Waals surface area contributed by atoms with Gasteiger partial charge in [0.2, 0.25) is 0 Å². The van der Waals surface area contributed by atoms with Crippen molar-refractivity contribution in [1.82, 2.24) is 0 Å². The van der Waals surface area contributed by atoms with Crippen LogP contribution >= 0.6 is 0 Å². The molecule has 0 amide bonds. The normalized spacial score (nSPS) is 24.9. The summed E-state index contributed by atoms with van der Waals surface area (Å²) in [5.74, 6) is 3.98. The lowest BCUT2D eigenvalue weighted by Gasteiger charge is -2.37. The van der Waals surface area contributed by atoms with E-state index in [1.165, 1.54) is 87.3 Å². The second-order valence-corrected chi connectivity index (χ2v) is 11.3. The van der Waals surface area contributed by atoms with Gasteiger partial charge in [0.25, 0.3) is 0 Å². The summed E-state index contributed by atoms with van der Waals surface area (Å²) >= 11 is 0. The van der Waals surface area contributed by atoms with Gasteiger partial charge in [-0.25, -0.2) is 0 Å². The zero-order chi connectivity index (χ0) is 24.3. The average molecular weight is 477 g/mol. The molecule has 2 aromatic rings. The van der Waals surface area contributed by atoms with E-state index in [1.807, 2.05) is 0 Å². The van der Waals surface area contributed by atoms with Crippen LogP contribution in [-0.4, -0.2) is 19.3 Å². The van der Waals surface area contributed by atoms with Crippen LogP contribution in [0, 0.1) is 24.7 Å². The number of unbranched alkanes of at least 4 members (excludes halogenated alkanes) is 2. The third-order valence-corrected chi connectivity index (χ3v) is 8.64. The topological polar surface area (TPSA) is 18.5 Å². The first-order chi connectivity index (χ1) is 17.2. The van der Waals surface area contributed by atoms with Crippen molar-refractivity contribution in [2.45, 2.75) is 103 Å². The third-order valence-electron chi connectivity index (χ3n) is 8.64. The van der Waals surface area contributed by atoms with Gasteiger partial charge < -0.3 is 9.47 Å². The number of rotatable bonds is 12. The van der Waals surface area contributed by atoms with Crippen LogP contribution in [0.25, 0.3) is 11.1 Å². The van der Waals surface area contributed by atoms with Crippen LogP contribution in [0.1, 0.15) is 96.0 Å². The summed E-state index contributed by atoms with van der Waals surface area (Å²) in [6.07, 6.45) is 18.3. The Morgan fingerprint density at radius 1 is 0.657 bits per heavy atom. The summed E-state index contributed by atoms with van der Waals surface area (Å²) < 4.78 is 12.2. The van der Waals surface area contributed by atoms with Crippen LogP contribution in [-0.2, 0) is 4.74 Å². The van der Waals surface area contributed by atoms with Crippen molar-refractivity contribution in [2.75, 3.05) is 13.2 Å². The first-order valence-corrected chi connectivity index (χ1v) is 14.6. The molecule has 0 heterocycles. The second-order valence-electron chi connectivity index (χ2n) is 11.3. The van der Waals surface area contributed by atoms with E-state index in [9.17, 15) is 0 Å². The standard InChI is InChI=1S/C33H48O2/c1-3-4-7-27-10-14-29(15-11-27)31-18-22-33(23-19-31)35-25-6-5-24-34-32-20-16-30(17-21-32)28-12-8-26(2)9-13-28/h8-9,12-13,16-17,20-21,27,29,31,33H,3-7,10-11,14-15,18-19,22-25H2,1-2H3. The molecule has 2 aromatic carbocycles. The van der Waals surface area contributed by atoms with E-state index < -0.39 is 0 Å². The number of benzene rings is 2. The van der Waals surface area contributed by atoms with Crippen molar-refractivity contribution in [2.24, 2.45) is 17.8 Å². The van der Waals surface area contributed by atoms with Crippen molar-refractivity contribution >= 4 is 0 Å². The predicted octanol–water partition coefficient (Wildman–Crippen LogP) is 9.39. The highest BCUT2D eigenvalue weighted by Crippen LogP contribution is 2.41. The molecule has 2 aliphatic carbocycles. The van der Waals surface area contributed by atoms with Crippen LogP contribution in [0.4, 0.5) is 0 Å². The fourth-order valence-corrected chi connectivity index (χ4v) is 6.30. The molecule has 0 N–H and O–H groups in total. The minimum atomic E-state index is 0.502. The van der Waals surface area contributed by atoms with E-state index in [0.29, 0.717) is 6.10 Å². The number of hydrogen-bond acceptors (Lipinski definition) is 2. The van der Waals surface area contributed by atoms with Crippen molar-refractivity contribution in [3.05, 3.63) is 54.1 Å². The quantitative estimate of drug-likeness (QED) is 0.284. The highest BCUT2D eigenvalue weighted by atomic mass is 16.5. The summed E-state index contributed by atoms with van der Waals surface area (Å²) in [5, 5.41) is 0. The molecule has 2 nitrogen and oxygen atoms in total. The first-order valence-electron chi connectivity index (χ1n) is 14.6. The summed E-state index contributed by atoms with van der Waals surface area (Å²) in [6.45, 7) is 6.10. The Kier molecular flexibility index (Phi) is 10.6. The fraction of sp³-hybridized carbons (Fsp3) is 0.636. The van der Waals surface area contributed by atoms with Gasteiger partial charge in [-0.05, 0) is 99.3 Å². The van der Waals surface area contributed by atoms with Gasteiger partial charge >= 0.3 is 0 Å². The molecule has 0 atom stereocenters. The van der Waals surface area contributed by atoms with Gasteiger partial charge in [-0.2, -0.15) is 0 Å². The Morgan fingerprint density at radius 2 is 1.23 bits per heavy atom. The Bertz CT molecular complexity index is 824. The molecule has 35 heavy (non-hydrogen) atoms. The molecule has 0 aromatic heterocycles. The molecular weight excluding hydrogens is 428 g/mol. The summed E-state index contributed by atoms with van der Waals surface area (Å²) in [6, 6.07) is 17.1. The maximum absolute atomic E-state index is 6.25. The van der Waals surface area contributed by atoms with E-state index in [2.05, 4.69) is 62.4 Å². The van der Waals surface area contributed by atoms with Crippen molar-refractivity contribution < 1.29 is 9.47 Å². The summed E-state index contributed by atoms with van der Waals surface area (Å²) in [5.41, 5.74) is 3.78. The molecule has 192 valence electrons. The molecule has 4 rings (SSSR count). The zero-order valence-electron chi connectivity index (χ0n) is 22.4. The smallest absolute Gasteiger partial charge is 0.119 e. The zero-order valence-corrected chi connectivity index (χ0v) is 22.4. The summed E-state index contributed by atoms with van der Waals surface area (Å²) in [4.78, 5) is 0. The molecule has 2 heteroatoms. The molecular formula is C33H48O2. The van der Waals surface area contributed by atoms with E-state index in [0.717, 1.165) is 49.6 Å². The van der Waals surface area contributed by atoms with Gasteiger partial charge in [0, 0.05) is 6.61 Å². The fourth-order valence-electron chi connectivity index (χ4n) is 6.30. The Balaban J connectivity index is 1.04. The van der Waals surface area contributed by atoms with Gasteiger partial charge in [0.15, 0.2) is 0 Å². The Labute approximate surface area is 214 Å². The lowest BCUT2D eigenvalue weighted by Crippen LogP contribution is -2.28. The maximum Gasteiger partial charge on any atom is 0.119 e. The van der Waals surface area contributed by atoms with Crippen LogP contribution in [0.2, 0.25) is 0 Å². The monoisotopic (exact) mass is 476 g/mol. The third kappa shape index (κ3) is 8.38. The van der Waals surface area contributed by atoms with Gasteiger partial charge in [-0.3, -0.25) is 0 Å². The molecule has 0 unspecified atom stereocenters. The van der Waals surface area contributed by atoms with Crippen molar-refractivity contribution in [3.63, 3.8) is 0 Å². The molecule has 0 spiro atoms. The van der Waals surface area contributed by atoms with Crippen LogP contribution in [0.15, 0.2) is 48.5 Å². The molecule has 2 saturated carbocycles. The lowest BCUT2D eigenvalue weighted by atomic mass is 9.70.